The summed E-state index contributed by atoms with van der Waals surface area (Å²) in [6, 6.07) is 21.2. The van der Waals surface area contributed by atoms with E-state index >= 15 is 0 Å². The number of carbonyl (C=O) groups is 3. The van der Waals surface area contributed by atoms with Gasteiger partial charge in [-0.2, -0.15) is 0 Å². The number of amides is 4. The molecule has 0 aromatic heterocycles. The third-order valence-electron chi connectivity index (χ3n) is 7.16. The second kappa shape index (κ2) is 9.97. The van der Waals surface area contributed by atoms with E-state index in [0.717, 1.165) is 29.7 Å². The normalized spacial score (nSPS) is 18.1. The summed E-state index contributed by atoms with van der Waals surface area (Å²) in [5, 5.41) is 5.91. The SMILES string of the molecule is COc1ccc(C2(c3ccc(OC)cc3)NC(=O)N(CC(=O)N[C@@H]3CCCc4ccccc43)C2=O)cc1. The van der Waals surface area contributed by atoms with E-state index in [0.29, 0.717) is 22.6 Å². The van der Waals surface area contributed by atoms with Crippen molar-refractivity contribution < 1.29 is 23.9 Å². The summed E-state index contributed by atoms with van der Waals surface area (Å²) in [7, 11) is 3.11. The second-order valence-electron chi connectivity index (χ2n) is 9.24. The highest BCUT2D eigenvalue weighted by Crippen LogP contribution is 2.37. The molecule has 0 unspecified atom stereocenters. The molecule has 8 nitrogen and oxygen atoms in total. The molecule has 0 spiro atoms. The van der Waals surface area contributed by atoms with Gasteiger partial charge in [-0.05, 0) is 65.8 Å². The van der Waals surface area contributed by atoms with Gasteiger partial charge in [-0.1, -0.05) is 48.5 Å². The number of hydrogen-bond donors (Lipinski definition) is 2. The summed E-state index contributed by atoms with van der Waals surface area (Å²) in [5.41, 5.74) is 1.92. The first kappa shape index (κ1) is 24.4. The van der Waals surface area contributed by atoms with Crippen molar-refractivity contribution in [2.24, 2.45) is 0 Å². The van der Waals surface area contributed by atoms with Crippen LogP contribution in [0.25, 0.3) is 0 Å². The molecule has 0 radical (unpaired) electrons. The summed E-state index contributed by atoms with van der Waals surface area (Å²) < 4.78 is 10.5. The fourth-order valence-corrected chi connectivity index (χ4v) is 5.25. The third kappa shape index (κ3) is 4.39. The molecule has 1 fully saturated rings. The molecular formula is C29H29N3O5. The largest absolute Gasteiger partial charge is 0.497 e. The number of urea groups is 1. The number of nitrogens with one attached hydrogen (secondary N) is 2. The quantitative estimate of drug-likeness (QED) is 0.484. The fraction of sp³-hybridized carbons (Fsp3) is 0.276. The molecule has 2 N–H and O–H groups in total. The Bertz CT molecular complexity index is 1270. The van der Waals surface area contributed by atoms with Crippen LogP contribution >= 0.6 is 0 Å². The zero-order valence-electron chi connectivity index (χ0n) is 20.8. The number of aryl methyl sites for hydroxylation is 1. The zero-order valence-corrected chi connectivity index (χ0v) is 20.8. The van der Waals surface area contributed by atoms with E-state index in [4.69, 9.17) is 9.47 Å². The van der Waals surface area contributed by atoms with Gasteiger partial charge in [-0.3, -0.25) is 14.5 Å². The highest BCUT2D eigenvalue weighted by Gasteiger charge is 2.54. The molecule has 0 bridgehead atoms. The van der Waals surface area contributed by atoms with Gasteiger partial charge in [0.15, 0.2) is 5.54 Å². The molecular weight excluding hydrogens is 470 g/mol. The van der Waals surface area contributed by atoms with Crippen LogP contribution < -0.4 is 20.1 Å². The van der Waals surface area contributed by atoms with E-state index in [1.54, 1.807) is 62.8 Å². The van der Waals surface area contributed by atoms with Crippen molar-refractivity contribution in [3.05, 3.63) is 95.1 Å². The molecule has 5 rings (SSSR count). The van der Waals surface area contributed by atoms with Crippen LogP contribution in [0.2, 0.25) is 0 Å². The monoisotopic (exact) mass is 499 g/mol. The van der Waals surface area contributed by atoms with E-state index < -0.39 is 17.5 Å². The number of nitrogens with zero attached hydrogens (tertiary/aromatic N) is 1. The maximum Gasteiger partial charge on any atom is 0.326 e. The van der Waals surface area contributed by atoms with Gasteiger partial charge >= 0.3 is 6.03 Å². The standard InChI is InChI=1S/C29H29N3O5/c1-36-22-14-10-20(11-15-22)29(21-12-16-23(37-2)17-13-21)27(34)32(28(35)31-29)18-26(33)30-25-9-5-7-19-6-3-4-8-24(19)25/h3-4,6,8,10-17,25H,5,7,9,18H2,1-2H3,(H,30,33)(H,31,35)/t25-/m1/s1. The van der Waals surface area contributed by atoms with Crippen molar-refractivity contribution in [2.75, 3.05) is 20.8 Å². The Morgan fingerprint density at radius 1 is 0.946 bits per heavy atom. The van der Waals surface area contributed by atoms with Crippen LogP contribution in [0.3, 0.4) is 0 Å². The zero-order chi connectivity index (χ0) is 26.0. The molecule has 1 heterocycles. The van der Waals surface area contributed by atoms with Gasteiger partial charge in [0.25, 0.3) is 5.91 Å². The molecule has 0 saturated carbocycles. The molecule has 3 aromatic rings. The second-order valence-corrected chi connectivity index (χ2v) is 9.24. The van der Waals surface area contributed by atoms with Crippen molar-refractivity contribution in [1.29, 1.82) is 0 Å². The van der Waals surface area contributed by atoms with Crippen molar-refractivity contribution in [3.8, 4) is 11.5 Å². The van der Waals surface area contributed by atoms with Crippen LogP contribution in [-0.2, 0) is 21.5 Å². The first-order valence-electron chi connectivity index (χ1n) is 12.3. The van der Waals surface area contributed by atoms with Gasteiger partial charge in [-0.25, -0.2) is 4.79 Å². The average Bonchev–Trinajstić information content (AvgIpc) is 3.19. The third-order valence-corrected chi connectivity index (χ3v) is 7.16. The maximum absolute atomic E-state index is 14.0. The number of hydrogen-bond acceptors (Lipinski definition) is 5. The summed E-state index contributed by atoms with van der Waals surface area (Å²) in [5.74, 6) is 0.335. The van der Waals surface area contributed by atoms with E-state index in [1.165, 1.54) is 5.56 Å². The Balaban J connectivity index is 1.43. The number of benzene rings is 3. The van der Waals surface area contributed by atoms with Gasteiger partial charge in [0, 0.05) is 0 Å². The lowest BCUT2D eigenvalue weighted by Crippen LogP contribution is -2.46. The van der Waals surface area contributed by atoms with Gasteiger partial charge in [0.05, 0.1) is 20.3 Å². The lowest BCUT2D eigenvalue weighted by Gasteiger charge is -2.29. The maximum atomic E-state index is 14.0. The number of methoxy groups -OCH3 is 2. The molecule has 1 atom stereocenters. The summed E-state index contributed by atoms with van der Waals surface area (Å²) in [6.07, 6.45) is 2.75. The van der Waals surface area contributed by atoms with Crippen LogP contribution in [0.5, 0.6) is 11.5 Å². The number of carbonyl (C=O) groups excluding carboxylic acids is 3. The number of fused-ring (bicyclic) bond motifs is 1. The number of rotatable bonds is 7. The van der Waals surface area contributed by atoms with E-state index in [1.807, 2.05) is 18.2 Å². The topological polar surface area (TPSA) is 97.0 Å². The van der Waals surface area contributed by atoms with Gasteiger partial charge < -0.3 is 20.1 Å². The Morgan fingerprint density at radius 2 is 1.54 bits per heavy atom. The predicted molar refractivity (Wildman–Crippen MR) is 137 cm³/mol. The minimum atomic E-state index is -1.49. The van der Waals surface area contributed by atoms with Crippen LogP contribution in [0.4, 0.5) is 4.79 Å². The first-order valence-corrected chi connectivity index (χ1v) is 12.3. The lowest BCUT2D eigenvalue weighted by molar-refractivity contribution is -0.134. The molecule has 3 aromatic carbocycles. The summed E-state index contributed by atoms with van der Waals surface area (Å²) >= 11 is 0. The molecule has 4 amide bonds. The molecule has 1 saturated heterocycles. The molecule has 8 heteroatoms. The first-order chi connectivity index (χ1) is 18.0. The molecule has 1 aliphatic carbocycles. The van der Waals surface area contributed by atoms with Crippen LogP contribution in [-0.4, -0.2) is 43.5 Å². The fourth-order valence-electron chi connectivity index (χ4n) is 5.25. The van der Waals surface area contributed by atoms with Crippen molar-refractivity contribution >= 4 is 17.8 Å². The number of ether oxygens (including phenoxy) is 2. The van der Waals surface area contributed by atoms with Crippen LogP contribution in [0.1, 0.15) is 41.1 Å². The van der Waals surface area contributed by atoms with Gasteiger partial charge in [0.2, 0.25) is 5.91 Å². The van der Waals surface area contributed by atoms with Crippen LogP contribution in [0, 0.1) is 0 Å². The van der Waals surface area contributed by atoms with Crippen molar-refractivity contribution in [3.63, 3.8) is 0 Å². The Hall–Kier alpha value is -4.33. The number of imide groups is 1. The molecule has 190 valence electrons. The van der Waals surface area contributed by atoms with E-state index in [-0.39, 0.29) is 18.5 Å². The minimum absolute atomic E-state index is 0.147. The molecule has 1 aliphatic heterocycles. The van der Waals surface area contributed by atoms with Crippen molar-refractivity contribution in [2.45, 2.75) is 30.8 Å². The van der Waals surface area contributed by atoms with E-state index in [2.05, 4.69) is 16.7 Å². The summed E-state index contributed by atoms with van der Waals surface area (Å²) in [6.45, 7) is -0.378. The Morgan fingerprint density at radius 3 is 2.14 bits per heavy atom. The smallest absolute Gasteiger partial charge is 0.326 e. The van der Waals surface area contributed by atoms with E-state index in [9.17, 15) is 14.4 Å². The average molecular weight is 500 g/mol. The molecule has 37 heavy (non-hydrogen) atoms. The van der Waals surface area contributed by atoms with Gasteiger partial charge in [0.1, 0.15) is 18.0 Å². The van der Waals surface area contributed by atoms with Crippen LogP contribution in [0.15, 0.2) is 72.8 Å². The highest BCUT2D eigenvalue weighted by molar-refractivity contribution is 6.11. The van der Waals surface area contributed by atoms with Gasteiger partial charge in [-0.15, -0.1) is 0 Å². The Kier molecular flexibility index (Phi) is 6.56. The summed E-state index contributed by atoms with van der Waals surface area (Å²) in [4.78, 5) is 41.2. The highest BCUT2D eigenvalue weighted by atomic mass is 16.5. The van der Waals surface area contributed by atoms with Crippen molar-refractivity contribution in [1.82, 2.24) is 15.5 Å². The molecule has 2 aliphatic rings. The minimum Gasteiger partial charge on any atom is -0.497 e. The Labute approximate surface area is 215 Å². The predicted octanol–water partition coefficient (Wildman–Crippen LogP) is 3.69. The lowest BCUT2D eigenvalue weighted by atomic mass is 9.82.